The highest BCUT2D eigenvalue weighted by Gasteiger charge is 2.28. The van der Waals surface area contributed by atoms with E-state index in [0.717, 1.165) is 12.0 Å². The molecule has 0 saturated heterocycles. The van der Waals surface area contributed by atoms with Gasteiger partial charge in [0.15, 0.2) is 0 Å². The summed E-state index contributed by atoms with van der Waals surface area (Å²) in [4.78, 5) is 0. The quantitative estimate of drug-likeness (QED) is 0.801. The maximum absolute atomic E-state index is 12.6. The van der Waals surface area contributed by atoms with E-state index in [-0.39, 0.29) is 6.04 Å². The molecule has 1 atom stereocenters. The van der Waals surface area contributed by atoms with Crippen LogP contribution in [0.25, 0.3) is 0 Å². The molecule has 0 aliphatic rings. The number of rotatable bonds is 8. The zero-order chi connectivity index (χ0) is 15.3. The van der Waals surface area contributed by atoms with Crippen molar-refractivity contribution in [2.45, 2.75) is 63.9 Å². The first-order valence-electron chi connectivity index (χ1n) is 7.15. The first kappa shape index (κ1) is 17.6. The van der Waals surface area contributed by atoms with Gasteiger partial charge in [0.05, 0.1) is 0 Å². The number of thiophene rings is 1. The minimum atomic E-state index is -3.36. The van der Waals surface area contributed by atoms with Crippen LogP contribution in [-0.2, 0) is 16.6 Å². The van der Waals surface area contributed by atoms with Crippen molar-refractivity contribution in [2.75, 3.05) is 6.54 Å². The second kappa shape index (κ2) is 7.54. The van der Waals surface area contributed by atoms with Crippen LogP contribution in [0.15, 0.2) is 15.7 Å². The van der Waals surface area contributed by atoms with Gasteiger partial charge in [-0.05, 0) is 30.4 Å². The molecule has 4 nitrogen and oxygen atoms in total. The Morgan fingerprint density at radius 1 is 1.30 bits per heavy atom. The zero-order valence-electron chi connectivity index (χ0n) is 13.0. The lowest BCUT2D eigenvalue weighted by molar-refractivity contribution is 0.343. The number of nitrogens with one attached hydrogen (secondary N) is 1. The first-order valence-corrected chi connectivity index (χ1v) is 9.47. The second-order valence-electron chi connectivity index (χ2n) is 5.28. The van der Waals surface area contributed by atoms with Gasteiger partial charge in [0.25, 0.3) is 10.0 Å². The molecule has 0 bridgehead atoms. The molecular formula is C14H26N2O2S2. The molecule has 0 aromatic carbocycles. The van der Waals surface area contributed by atoms with Crippen LogP contribution >= 0.6 is 11.3 Å². The van der Waals surface area contributed by atoms with Gasteiger partial charge in [-0.15, -0.1) is 11.3 Å². The van der Waals surface area contributed by atoms with E-state index in [9.17, 15) is 8.42 Å². The van der Waals surface area contributed by atoms with Crippen molar-refractivity contribution < 1.29 is 8.42 Å². The van der Waals surface area contributed by atoms with E-state index in [2.05, 4.69) is 19.2 Å². The second-order valence-corrected chi connectivity index (χ2v) is 8.30. The summed E-state index contributed by atoms with van der Waals surface area (Å²) < 4.78 is 27.3. The molecule has 1 heterocycles. The Morgan fingerprint density at radius 2 is 1.95 bits per heavy atom. The van der Waals surface area contributed by atoms with Crippen LogP contribution in [0, 0.1) is 0 Å². The summed E-state index contributed by atoms with van der Waals surface area (Å²) in [6.45, 7) is 11.2. The van der Waals surface area contributed by atoms with E-state index in [1.165, 1.54) is 11.3 Å². The minimum absolute atomic E-state index is 0.0318. The van der Waals surface area contributed by atoms with Crippen molar-refractivity contribution in [2.24, 2.45) is 0 Å². The molecule has 0 saturated carbocycles. The van der Waals surface area contributed by atoms with E-state index in [1.54, 1.807) is 10.4 Å². The van der Waals surface area contributed by atoms with Crippen molar-refractivity contribution in [1.82, 2.24) is 9.62 Å². The molecule has 1 unspecified atom stereocenters. The average Bonchev–Trinajstić information content (AvgIpc) is 2.86. The fourth-order valence-corrected chi connectivity index (χ4v) is 4.99. The fourth-order valence-electron chi connectivity index (χ4n) is 1.94. The maximum Gasteiger partial charge on any atom is 0.252 e. The smallest absolute Gasteiger partial charge is 0.252 e. The Hall–Kier alpha value is -0.430. The standard InChI is InChI=1S/C14H26N2O2S2/c1-6-12(5)16(7-2)20(17,18)14-8-13(10-19-14)9-15-11(3)4/h8,10-12,15H,6-7,9H2,1-5H3. The molecule has 20 heavy (non-hydrogen) atoms. The molecule has 1 aromatic heterocycles. The molecule has 0 fully saturated rings. The van der Waals surface area contributed by atoms with Gasteiger partial charge in [-0.1, -0.05) is 27.7 Å². The van der Waals surface area contributed by atoms with E-state index in [1.807, 2.05) is 26.2 Å². The number of nitrogens with zero attached hydrogens (tertiary/aromatic N) is 1. The van der Waals surface area contributed by atoms with Gasteiger partial charge in [-0.3, -0.25) is 0 Å². The molecule has 0 aliphatic heterocycles. The number of hydrogen-bond donors (Lipinski definition) is 1. The van der Waals surface area contributed by atoms with Gasteiger partial charge in [0, 0.05) is 25.2 Å². The molecular weight excluding hydrogens is 292 g/mol. The molecule has 6 heteroatoms. The third-order valence-electron chi connectivity index (χ3n) is 3.30. The van der Waals surface area contributed by atoms with E-state index in [4.69, 9.17) is 0 Å². The summed E-state index contributed by atoms with van der Waals surface area (Å²) in [5.74, 6) is 0. The topological polar surface area (TPSA) is 49.4 Å². The van der Waals surface area contributed by atoms with Gasteiger partial charge in [-0.2, -0.15) is 4.31 Å². The van der Waals surface area contributed by atoms with E-state index < -0.39 is 10.0 Å². The normalized spacial score (nSPS) is 14.2. The monoisotopic (exact) mass is 318 g/mol. The number of hydrogen-bond acceptors (Lipinski definition) is 4. The van der Waals surface area contributed by atoms with E-state index >= 15 is 0 Å². The van der Waals surface area contributed by atoms with Crippen molar-refractivity contribution >= 4 is 21.4 Å². The molecule has 1 aromatic rings. The minimum Gasteiger partial charge on any atom is -0.310 e. The largest absolute Gasteiger partial charge is 0.310 e. The van der Waals surface area contributed by atoms with E-state index in [0.29, 0.717) is 23.3 Å². The van der Waals surface area contributed by atoms with Crippen LogP contribution in [0.5, 0.6) is 0 Å². The zero-order valence-corrected chi connectivity index (χ0v) is 14.6. The lowest BCUT2D eigenvalue weighted by Crippen LogP contribution is -2.37. The van der Waals surface area contributed by atoms with Gasteiger partial charge in [-0.25, -0.2) is 8.42 Å². The van der Waals surface area contributed by atoms with Crippen LogP contribution in [0.4, 0.5) is 0 Å². The lowest BCUT2D eigenvalue weighted by atomic mass is 10.3. The van der Waals surface area contributed by atoms with Crippen molar-refractivity contribution in [1.29, 1.82) is 0 Å². The van der Waals surface area contributed by atoms with Crippen LogP contribution in [0.3, 0.4) is 0 Å². The third-order valence-corrected chi connectivity index (χ3v) is 6.85. The molecule has 1 rings (SSSR count). The van der Waals surface area contributed by atoms with Crippen LogP contribution < -0.4 is 5.32 Å². The van der Waals surface area contributed by atoms with Gasteiger partial charge in [0.2, 0.25) is 0 Å². The predicted molar refractivity (Wildman–Crippen MR) is 85.6 cm³/mol. The van der Waals surface area contributed by atoms with Crippen LogP contribution in [0.1, 0.15) is 46.6 Å². The number of sulfonamides is 1. The summed E-state index contributed by atoms with van der Waals surface area (Å²) in [7, 11) is -3.36. The maximum atomic E-state index is 12.6. The van der Waals surface area contributed by atoms with Crippen LogP contribution in [-0.4, -0.2) is 31.4 Å². The highest BCUT2D eigenvalue weighted by molar-refractivity contribution is 7.91. The fraction of sp³-hybridized carbons (Fsp3) is 0.714. The average molecular weight is 319 g/mol. The molecule has 0 amide bonds. The van der Waals surface area contributed by atoms with Crippen LogP contribution in [0.2, 0.25) is 0 Å². The van der Waals surface area contributed by atoms with Gasteiger partial charge < -0.3 is 5.32 Å². The SMILES string of the molecule is CCC(C)N(CC)S(=O)(=O)c1cc(CNC(C)C)cs1. The third kappa shape index (κ3) is 4.28. The summed E-state index contributed by atoms with van der Waals surface area (Å²) in [6, 6.07) is 2.21. The highest BCUT2D eigenvalue weighted by atomic mass is 32.2. The van der Waals surface area contributed by atoms with Gasteiger partial charge in [0.1, 0.15) is 4.21 Å². The Kier molecular flexibility index (Phi) is 6.64. The highest BCUT2D eigenvalue weighted by Crippen LogP contribution is 2.25. The first-order chi connectivity index (χ1) is 9.32. The molecule has 116 valence electrons. The Morgan fingerprint density at radius 3 is 2.45 bits per heavy atom. The summed E-state index contributed by atoms with van der Waals surface area (Å²) >= 11 is 1.31. The Bertz CT molecular complexity index is 509. The Balaban J connectivity index is 2.92. The predicted octanol–water partition coefficient (Wildman–Crippen LogP) is 3.06. The molecule has 0 spiro atoms. The molecule has 0 aliphatic carbocycles. The van der Waals surface area contributed by atoms with Gasteiger partial charge >= 0.3 is 0 Å². The van der Waals surface area contributed by atoms with Crippen molar-refractivity contribution in [3.05, 3.63) is 17.0 Å². The summed E-state index contributed by atoms with van der Waals surface area (Å²) in [5.41, 5.74) is 1.03. The van der Waals surface area contributed by atoms with Crippen molar-refractivity contribution in [3.8, 4) is 0 Å². The lowest BCUT2D eigenvalue weighted by Gasteiger charge is -2.25. The Labute approximate surface area is 127 Å². The van der Waals surface area contributed by atoms with Crippen molar-refractivity contribution in [3.63, 3.8) is 0 Å². The summed E-state index contributed by atoms with van der Waals surface area (Å²) in [5, 5.41) is 5.23. The summed E-state index contributed by atoms with van der Waals surface area (Å²) in [6.07, 6.45) is 0.820. The molecule has 1 N–H and O–H groups in total. The molecule has 0 radical (unpaired) electrons.